The smallest absolute Gasteiger partial charge is 0.266 e. The third-order valence-electron chi connectivity index (χ3n) is 4.39. The summed E-state index contributed by atoms with van der Waals surface area (Å²) in [6, 6.07) is 16.1. The Balaban J connectivity index is 1.49. The Kier molecular flexibility index (Phi) is 6.45. The van der Waals surface area contributed by atoms with Crippen molar-refractivity contribution < 1.29 is 14.3 Å². The molecule has 1 saturated heterocycles. The number of nitrogens with one attached hydrogen (secondary N) is 1. The largest absolute Gasteiger partial charge is 0.457 e. The van der Waals surface area contributed by atoms with Crippen LogP contribution in [-0.4, -0.2) is 32.1 Å². The van der Waals surface area contributed by atoms with Gasteiger partial charge in [0.2, 0.25) is 5.91 Å². The molecule has 2 heterocycles. The van der Waals surface area contributed by atoms with Gasteiger partial charge in [-0.1, -0.05) is 54.3 Å². The van der Waals surface area contributed by atoms with Crippen LogP contribution < -0.4 is 10.1 Å². The number of rotatable bonds is 6. The van der Waals surface area contributed by atoms with Crippen molar-refractivity contribution >= 4 is 62.7 Å². The highest BCUT2D eigenvalue weighted by Crippen LogP contribution is 2.35. The van der Waals surface area contributed by atoms with Crippen LogP contribution in [0.3, 0.4) is 0 Å². The molecule has 1 aromatic heterocycles. The van der Waals surface area contributed by atoms with Crippen molar-refractivity contribution in [3.8, 4) is 11.5 Å². The van der Waals surface area contributed by atoms with E-state index in [1.165, 1.54) is 28.0 Å². The van der Waals surface area contributed by atoms with Gasteiger partial charge in [0.1, 0.15) is 21.9 Å². The zero-order valence-corrected chi connectivity index (χ0v) is 18.8. The predicted octanol–water partition coefficient (Wildman–Crippen LogP) is 5.16. The number of thioether (sulfide) groups is 1. The standard InChI is InChI=1S/C22H17N3O3S3/c1-14(19(26)24-21-23-10-11-30-21)25-20(27)18(31-22(25)29)13-15-6-5-9-17(12-15)28-16-7-3-2-4-8-16/h2-14H,1H3,(H,23,24,26)/b18-13-. The van der Waals surface area contributed by atoms with Crippen molar-refractivity contribution in [3.63, 3.8) is 0 Å². The van der Waals surface area contributed by atoms with E-state index in [4.69, 9.17) is 17.0 Å². The first-order valence-electron chi connectivity index (χ1n) is 9.31. The topological polar surface area (TPSA) is 71.5 Å². The number of benzene rings is 2. The summed E-state index contributed by atoms with van der Waals surface area (Å²) in [5.74, 6) is 0.745. The number of ether oxygens (including phenoxy) is 1. The molecule has 3 aromatic rings. The van der Waals surface area contributed by atoms with E-state index < -0.39 is 6.04 Å². The molecule has 1 aliphatic heterocycles. The highest BCUT2D eigenvalue weighted by molar-refractivity contribution is 8.26. The van der Waals surface area contributed by atoms with Gasteiger partial charge in [0, 0.05) is 11.6 Å². The summed E-state index contributed by atoms with van der Waals surface area (Å²) in [5, 5.41) is 4.95. The Bertz CT molecular complexity index is 1150. The fourth-order valence-electron chi connectivity index (χ4n) is 2.87. The molecular weight excluding hydrogens is 450 g/mol. The predicted molar refractivity (Wildman–Crippen MR) is 128 cm³/mol. The van der Waals surface area contributed by atoms with E-state index in [1.54, 1.807) is 24.6 Å². The summed E-state index contributed by atoms with van der Waals surface area (Å²) in [4.78, 5) is 31.3. The van der Waals surface area contributed by atoms with E-state index in [0.717, 1.165) is 11.3 Å². The Morgan fingerprint density at radius 1 is 1.19 bits per heavy atom. The number of amides is 2. The van der Waals surface area contributed by atoms with Gasteiger partial charge in [-0.05, 0) is 42.8 Å². The lowest BCUT2D eigenvalue weighted by molar-refractivity contribution is -0.129. The average molecular weight is 468 g/mol. The minimum Gasteiger partial charge on any atom is -0.457 e. The average Bonchev–Trinajstić information content (AvgIpc) is 3.36. The van der Waals surface area contributed by atoms with Crippen molar-refractivity contribution in [2.24, 2.45) is 0 Å². The molecule has 156 valence electrons. The van der Waals surface area contributed by atoms with E-state index in [1.807, 2.05) is 54.6 Å². The van der Waals surface area contributed by atoms with Crippen molar-refractivity contribution in [2.75, 3.05) is 5.32 Å². The molecule has 4 rings (SSSR count). The first-order valence-corrected chi connectivity index (χ1v) is 11.4. The van der Waals surface area contributed by atoms with E-state index in [9.17, 15) is 9.59 Å². The second-order valence-electron chi connectivity index (χ2n) is 6.54. The van der Waals surface area contributed by atoms with Crippen LogP contribution in [0.25, 0.3) is 6.08 Å². The fourth-order valence-corrected chi connectivity index (χ4v) is 4.82. The molecule has 6 nitrogen and oxygen atoms in total. The van der Waals surface area contributed by atoms with Crippen LogP contribution in [0.15, 0.2) is 71.1 Å². The second kappa shape index (κ2) is 9.42. The highest BCUT2D eigenvalue weighted by atomic mass is 32.2. The first-order chi connectivity index (χ1) is 15.0. The monoisotopic (exact) mass is 467 g/mol. The second-order valence-corrected chi connectivity index (χ2v) is 9.11. The Morgan fingerprint density at radius 3 is 2.71 bits per heavy atom. The summed E-state index contributed by atoms with van der Waals surface area (Å²) >= 11 is 7.86. The number of para-hydroxylation sites is 1. The Labute approximate surface area is 192 Å². The molecule has 1 N–H and O–H groups in total. The maximum absolute atomic E-state index is 13.0. The summed E-state index contributed by atoms with van der Waals surface area (Å²) in [5.41, 5.74) is 0.800. The van der Waals surface area contributed by atoms with Gasteiger partial charge < -0.3 is 10.1 Å². The van der Waals surface area contributed by atoms with Crippen LogP contribution in [0, 0.1) is 0 Å². The lowest BCUT2D eigenvalue weighted by Crippen LogP contribution is -2.44. The quantitative estimate of drug-likeness (QED) is 0.399. The molecule has 9 heteroatoms. The van der Waals surface area contributed by atoms with Crippen LogP contribution in [0.4, 0.5) is 5.13 Å². The summed E-state index contributed by atoms with van der Waals surface area (Å²) in [6.07, 6.45) is 3.35. The molecule has 0 saturated carbocycles. The normalized spacial score (nSPS) is 15.9. The van der Waals surface area contributed by atoms with Gasteiger partial charge >= 0.3 is 0 Å². The van der Waals surface area contributed by atoms with Crippen LogP contribution in [-0.2, 0) is 9.59 Å². The molecule has 1 atom stereocenters. The third kappa shape index (κ3) is 5.01. The lowest BCUT2D eigenvalue weighted by Gasteiger charge is -2.21. The molecule has 0 radical (unpaired) electrons. The molecule has 1 unspecified atom stereocenters. The van der Waals surface area contributed by atoms with Gasteiger partial charge in [-0.3, -0.25) is 14.5 Å². The zero-order valence-electron chi connectivity index (χ0n) is 16.3. The van der Waals surface area contributed by atoms with Crippen LogP contribution in [0.5, 0.6) is 11.5 Å². The number of anilines is 1. The molecule has 0 spiro atoms. The minimum absolute atomic E-state index is 0.300. The number of thiocarbonyl (C=S) groups is 1. The molecule has 0 aliphatic carbocycles. The summed E-state index contributed by atoms with van der Waals surface area (Å²) in [7, 11) is 0. The molecule has 2 aromatic carbocycles. The van der Waals surface area contributed by atoms with Gasteiger partial charge in [-0.25, -0.2) is 4.98 Å². The SMILES string of the molecule is CC(C(=O)Nc1nccs1)N1C(=O)/C(=C/c2cccc(Oc3ccccc3)c2)SC1=S. The maximum atomic E-state index is 13.0. The van der Waals surface area contributed by atoms with Crippen molar-refractivity contribution in [2.45, 2.75) is 13.0 Å². The van der Waals surface area contributed by atoms with Gasteiger partial charge in [-0.15, -0.1) is 11.3 Å². The minimum atomic E-state index is -0.755. The number of nitrogens with zero attached hydrogens (tertiary/aromatic N) is 2. The van der Waals surface area contributed by atoms with Gasteiger partial charge in [0.05, 0.1) is 4.91 Å². The zero-order chi connectivity index (χ0) is 21.8. The number of thiazole rings is 1. The molecule has 31 heavy (non-hydrogen) atoms. The van der Waals surface area contributed by atoms with Crippen molar-refractivity contribution in [1.29, 1.82) is 0 Å². The summed E-state index contributed by atoms with van der Waals surface area (Å²) < 4.78 is 6.20. The van der Waals surface area contributed by atoms with Gasteiger partial charge in [0.25, 0.3) is 5.91 Å². The number of carbonyl (C=O) groups is 2. The maximum Gasteiger partial charge on any atom is 0.266 e. The first kappa shape index (κ1) is 21.2. The molecule has 0 bridgehead atoms. The lowest BCUT2D eigenvalue weighted by atomic mass is 10.2. The van der Waals surface area contributed by atoms with E-state index >= 15 is 0 Å². The van der Waals surface area contributed by atoms with Crippen molar-refractivity contribution in [1.82, 2.24) is 9.88 Å². The molecule has 1 aliphatic rings. The highest BCUT2D eigenvalue weighted by Gasteiger charge is 2.38. The van der Waals surface area contributed by atoms with E-state index in [-0.39, 0.29) is 11.8 Å². The Hall–Kier alpha value is -3.01. The number of aromatic nitrogens is 1. The number of hydrogen-bond donors (Lipinski definition) is 1. The van der Waals surface area contributed by atoms with Crippen LogP contribution in [0.2, 0.25) is 0 Å². The van der Waals surface area contributed by atoms with E-state index in [2.05, 4.69) is 10.3 Å². The van der Waals surface area contributed by atoms with E-state index in [0.29, 0.717) is 20.1 Å². The fraction of sp³-hybridized carbons (Fsp3) is 0.0909. The third-order valence-corrected chi connectivity index (χ3v) is 6.41. The van der Waals surface area contributed by atoms with Gasteiger partial charge in [0.15, 0.2) is 5.13 Å². The van der Waals surface area contributed by atoms with Gasteiger partial charge in [-0.2, -0.15) is 0 Å². The summed E-state index contributed by atoms with van der Waals surface area (Å²) in [6.45, 7) is 1.64. The number of carbonyl (C=O) groups excluding carboxylic acids is 2. The number of hydrogen-bond acceptors (Lipinski definition) is 7. The molecule has 1 fully saturated rings. The van der Waals surface area contributed by atoms with Crippen LogP contribution >= 0.6 is 35.3 Å². The molecular formula is C22H17N3O3S3. The Morgan fingerprint density at radius 2 is 1.97 bits per heavy atom. The van der Waals surface area contributed by atoms with Crippen molar-refractivity contribution in [3.05, 3.63) is 76.6 Å². The molecule has 2 amide bonds. The van der Waals surface area contributed by atoms with Crippen LogP contribution in [0.1, 0.15) is 12.5 Å².